The molecule has 2 heterocycles. The van der Waals surface area contributed by atoms with Crippen LogP contribution in [0.1, 0.15) is 55.4 Å². The van der Waals surface area contributed by atoms with Crippen LogP contribution in [0, 0.1) is 23.7 Å². The van der Waals surface area contributed by atoms with Gasteiger partial charge in [-0.25, -0.2) is 0 Å². The van der Waals surface area contributed by atoms with Gasteiger partial charge in [0.15, 0.2) is 0 Å². The average Bonchev–Trinajstić information content (AvgIpc) is 2.72. The summed E-state index contributed by atoms with van der Waals surface area (Å²) in [7, 11) is 0.574. The van der Waals surface area contributed by atoms with E-state index in [-0.39, 0.29) is 15.8 Å². The monoisotopic (exact) mass is 314 g/mol. The first kappa shape index (κ1) is 17.2. The van der Waals surface area contributed by atoms with Crippen molar-refractivity contribution < 1.29 is 0 Å². The Labute approximate surface area is 130 Å². The summed E-state index contributed by atoms with van der Waals surface area (Å²) in [5, 5.41) is 0. The molecule has 2 aliphatic heterocycles. The van der Waals surface area contributed by atoms with Crippen LogP contribution >= 0.6 is 15.8 Å². The van der Waals surface area contributed by atoms with E-state index >= 15 is 0 Å². The Kier molecular flexibility index (Phi) is 5.63. The molecule has 0 aromatic heterocycles. The number of hydrogen-bond acceptors (Lipinski definition) is 0. The Balaban J connectivity index is 1.96. The third-order valence-corrected chi connectivity index (χ3v) is 15.3. The summed E-state index contributed by atoms with van der Waals surface area (Å²) in [6.45, 7) is 20.2. The molecule has 0 bridgehead atoms. The first-order valence-corrected chi connectivity index (χ1v) is 12.1. The molecule has 0 nitrogen and oxygen atoms in total. The average molecular weight is 314 g/mol. The van der Waals surface area contributed by atoms with Crippen molar-refractivity contribution in [3.05, 3.63) is 0 Å². The Morgan fingerprint density at radius 3 is 0.850 bits per heavy atom. The second-order valence-corrected chi connectivity index (χ2v) is 14.1. The molecular formula is C18H36P2. The van der Waals surface area contributed by atoms with Crippen molar-refractivity contribution in [1.82, 2.24) is 0 Å². The standard InChI is InChI=1S/C18H36P2/c1-11-12(2)16(6)19(15(11)5)9-10-20-17(7)13(3)14(4)18(20)8/h11-18H,9-10H2,1-8H3/t11-,12-,13-,14-,15-,16-,17-,18-/m0/s1. The van der Waals surface area contributed by atoms with Crippen LogP contribution in [0.2, 0.25) is 0 Å². The number of rotatable bonds is 3. The molecule has 0 aliphatic carbocycles. The zero-order valence-corrected chi connectivity index (χ0v) is 16.7. The minimum Gasteiger partial charge on any atom is -0.1000 e. The molecule has 0 aromatic carbocycles. The van der Waals surface area contributed by atoms with Crippen molar-refractivity contribution in [2.75, 3.05) is 12.3 Å². The summed E-state index contributed by atoms with van der Waals surface area (Å²) in [5.74, 6) is 3.83. The summed E-state index contributed by atoms with van der Waals surface area (Å²) in [6.07, 6.45) is 3.15. The molecule has 2 saturated heterocycles. The van der Waals surface area contributed by atoms with Gasteiger partial charge in [0.2, 0.25) is 0 Å². The highest BCUT2D eigenvalue weighted by Crippen LogP contribution is 2.65. The van der Waals surface area contributed by atoms with Gasteiger partial charge in [0.25, 0.3) is 0 Å². The van der Waals surface area contributed by atoms with Crippen molar-refractivity contribution in [2.45, 2.75) is 78.0 Å². The van der Waals surface area contributed by atoms with Gasteiger partial charge in [-0.15, -0.1) is 0 Å². The van der Waals surface area contributed by atoms with Crippen molar-refractivity contribution >= 4 is 15.8 Å². The van der Waals surface area contributed by atoms with Gasteiger partial charge in [-0.2, -0.15) is 0 Å². The Bertz CT molecular complexity index is 269. The minimum atomic E-state index is 0.287. The first-order valence-electron chi connectivity index (χ1n) is 8.78. The predicted molar refractivity (Wildman–Crippen MR) is 98.1 cm³/mol. The molecule has 0 saturated carbocycles. The van der Waals surface area contributed by atoms with E-state index < -0.39 is 0 Å². The van der Waals surface area contributed by atoms with Gasteiger partial charge >= 0.3 is 0 Å². The second-order valence-electron chi connectivity index (χ2n) is 7.87. The van der Waals surface area contributed by atoms with Crippen LogP contribution in [-0.2, 0) is 0 Å². The topological polar surface area (TPSA) is 0 Å². The van der Waals surface area contributed by atoms with Crippen LogP contribution in [0.15, 0.2) is 0 Å². The fraction of sp³-hybridized carbons (Fsp3) is 1.00. The van der Waals surface area contributed by atoms with E-state index in [4.69, 9.17) is 0 Å². The van der Waals surface area contributed by atoms with E-state index in [9.17, 15) is 0 Å². The van der Waals surface area contributed by atoms with Crippen molar-refractivity contribution in [2.24, 2.45) is 23.7 Å². The molecule has 2 heteroatoms. The first-order chi connectivity index (χ1) is 9.27. The third kappa shape index (κ3) is 2.86. The van der Waals surface area contributed by atoms with Crippen LogP contribution in [0.5, 0.6) is 0 Å². The Morgan fingerprint density at radius 2 is 0.650 bits per heavy atom. The van der Waals surface area contributed by atoms with Crippen LogP contribution < -0.4 is 0 Å². The third-order valence-electron chi connectivity index (χ3n) is 7.41. The van der Waals surface area contributed by atoms with Crippen molar-refractivity contribution in [3.63, 3.8) is 0 Å². The van der Waals surface area contributed by atoms with Gasteiger partial charge in [0.05, 0.1) is 0 Å². The highest BCUT2D eigenvalue weighted by Gasteiger charge is 2.44. The van der Waals surface area contributed by atoms with Crippen LogP contribution in [0.25, 0.3) is 0 Å². The lowest BCUT2D eigenvalue weighted by Crippen LogP contribution is -2.12. The summed E-state index contributed by atoms with van der Waals surface area (Å²) in [4.78, 5) is 0. The summed E-state index contributed by atoms with van der Waals surface area (Å²) in [5.41, 5.74) is 4.03. The summed E-state index contributed by atoms with van der Waals surface area (Å²) >= 11 is 0. The zero-order chi connectivity index (χ0) is 15.2. The minimum absolute atomic E-state index is 0.287. The summed E-state index contributed by atoms with van der Waals surface area (Å²) in [6, 6.07) is 0. The highest BCUT2D eigenvalue weighted by molar-refractivity contribution is 7.63. The molecule has 0 N–H and O–H groups in total. The maximum Gasteiger partial charge on any atom is -0.0207 e. The van der Waals surface area contributed by atoms with Crippen molar-refractivity contribution in [1.29, 1.82) is 0 Å². The molecule has 8 atom stereocenters. The van der Waals surface area contributed by atoms with E-state index in [1.54, 1.807) is 12.3 Å². The molecule has 2 fully saturated rings. The van der Waals surface area contributed by atoms with Gasteiger partial charge in [-0.05, 0) is 58.6 Å². The lowest BCUT2D eigenvalue weighted by Gasteiger charge is -2.28. The lowest BCUT2D eigenvalue weighted by atomic mass is 9.92. The van der Waals surface area contributed by atoms with Crippen LogP contribution in [0.3, 0.4) is 0 Å². The highest BCUT2D eigenvalue weighted by atomic mass is 31.1. The molecule has 20 heavy (non-hydrogen) atoms. The van der Waals surface area contributed by atoms with E-state index in [2.05, 4.69) is 55.4 Å². The van der Waals surface area contributed by atoms with Gasteiger partial charge in [-0.3, -0.25) is 0 Å². The largest absolute Gasteiger partial charge is 0.1000 e. The van der Waals surface area contributed by atoms with Gasteiger partial charge in [0, 0.05) is 0 Å². The molecule has 0 radical (unpaired) electrons. The molecular weight excluding hydrogens is 278 g/mol. The fourth-order valence-electron chi connectivity index (χ4n) is 4.75. The van der Waals surface area contributed by atoms with E-state index in [0.717, 1.165) is 46.3 Å². The van der Waals surface area contributed by atoms with E-state index in [0.29, 0.717) is 0 Å². The smallest absolute Gasteiger partial charge is 0.0207 e. The van der Waals surface area contributed by atoms with E-state index in [1.165, 1.54) is 0 Å². The molecule has 118 valence electrons. The maximum absolute atomic E-state index is 2.55. The molecule has 2 aliphatic rings. The molecule has 0 aromatic rings. The second kappa shape index (κ2) is 6.54. The molecule has 0 unspecified atom stereocenters. The van der Waals surface area contributed by atoms with Crippen LogP contribution in [0.4, 0.5) is 0 Å². The predicted octanol–water partition coefficient (Wildman–Crippen LogP) is 6.08. The van der Waals surface area contributed by atoms with Gasteiger partial charge < -0.3 is 0 Å². The quantitative estimate of drug-likeness (QED) is 0.554. The Morgan fingerprint density at radius 1 is 0.450 bits per heavy atom. The van der Waals surface area contributed by atoms with E-state index in [1.807, 2.05) is 0 Å². The van der Waals surface area contributed by atoms with Crippen LogP contribution in [-0.4, -0.2) is 35.0 Å². The molecule has 2 rings (SSSR count). The molecule has 0 spiro atoms. The summed E-state index contributed by atoms with van der Waals surface area (Å²) < 4.78 is 0. The van der Waals surface area contributed by atoms with Gasteiger partial charge in [0.1, 0.15) is 0 Å². The zero-order valence-electron chi connectivity index (χ0n) is 14.9. The van der Waals surface area contributed by atoms with Crippen molar-refractivity contribution in [3.8, 4) is 0 Å². The lowest BCUT2D eigenvalue weighted by molar-refractivity contribution is 0.413. The van der Waals surface area contributed by atoms with Gasteiger partial charge in [-0.1, -0.05) is 71.2 Å². The number of hydrogen-bond donors (Lipinski definition) is 0. The molecule has 0 amide bonds. The fourth-order valence-corrected chi connectivity index (χ4v) is 13.2. The normalized spacial score (nSPS) is 56.4. The Hall–Kier alpha value is 0.860. The maximum atomic E-state index is 2.55. The SMILES string of the molecule is C[C@H]1[C@H](C)[C@H](C)P(CCP2[C@@H](C)[C@@H](C)[C@H](C)[C@@H]2C)[C@H]1C.